The van der Waals surface area contributed by atoms with Crippen molar-refractivity contribution in [2.75, 3.05) is 14.1 Å². The smallest absolute Gasteiger partial charge is 0.253 e. The second-order valence-corrected chi connectivity index (χ2v) is 6.19. The molecule has 134 valence electrons. The van der Waals surface area contributed by atoms with Crippen molar-refractivity contribution >= 4 is 22.8 Å². The van der Waals surface area contributed by atoms with Gasteiger partial charge in [0.2, 0.25) is 0 Å². The molecule has 0 aliphatic heterocycles. The summed E-state index contributed by atoms with van der Waals surface area (Å²) >= 11 is 0. The fourth-order valence-electron chi connectivity index (χ4n) is 2.65. The minimum absolute atomic E-state index is 0.0472. The number of fused-ring (bicyclic) bond motifs is 1. The number of benzene rings is 2. The van der Waals surface area contributed by atoms with E-state index in [2.05, 4.69) is 15.6 Å². The van der Waals surface area contributed by atoms with Crippen LogP contribution in [-0.2, 0) is 13.1 Å². The lowest BCUT2D eigenvalue weighted by Crippen LogP contribution is -2.23. The third-order valence-electron chi connectivity index (χ3n) is 4.14. The lowest BCUT2D eigenvalue weighted by atomic mass is 10.1. The molecule has 7 nitrogen and oxygen atoms in total. The maximum absolute atomic E-state index is 12.4. The van der Waals surface area contributed by atoms with E-state index in [1.165, 1.54) is 4.90 Å². The quantitative estimate of drug-likeness (QED) is 0.763. The van der Waals surface area contributed by atoms with E-state index in [-0.39, 0.29) is 11.8 Å². The third-order valence-corrected chi connectivity index (χ3v) is 4.14. The molecule has 1 N–H and O–H groups in total. The van der Waals surface area contributed by atoms with Gasteiger partial charge in [0, 0.05) is 38.3 Å². The molecule has 1 heterocycles. The molecule has 0 atom stereocenters. The van der Waals surface area contributed by atoms with Gasteiger partial charge in [0.05, 0.1) is 5.52 Å². The zero-order valence-corrected chi connectivity index (χ0v) is 15.1. The highest BCUT2D eigenvalue weighted by molar-refractivity contribution is 5.97. The van der Waals surface area contributed by atoms with Gasteiger partial charge >= 0.3 is 0 Å². The summed E-state index contributed by atoms with van der Waals surface area (Å²) in [5.41, 5.74) is 3.69. The average Bonchev–Trinajstić information content (AvgIpc) is 3.08. The molecule has 0 spiro atoms. The van der Waals surface area contributed by atoms with Crippen LogP contribution in [0.3, 0.4) is 0 Å². The van der Waals surface area contributed by atoms with Crippen LogP contribution in [0.1, 0.15) is 33.2 Å². The Labute approximate surface area is 151 Å². The summed E-state index contributed by atoms with van der Waals surface area (Å²) in [5, 5.41) is 11.0. The lowest BCUT2D eigenvalue weighted by Gasteiger charge is -2.11. The summed E-state index contributed by atoms with van der Waals surface area (Å²) in [4.78, 5) is 25.8. The molecule has 0 unspecified atom stereocenters. The molecule has 2 amide bonds. The number of amides is 2. The summed E-state index contributed by atoms with van der Waals surface area (Å²) in [5.74, 6) is -0.222. The minimum atomic E-state index is -0.175. The number of nitrogens with one attached hydrogen (secondary N) is 1. The molecule has 3 aromatic rings. The zero-order valence-electron chi connectivity index (χ0n) is 15.1. The first-order valence-electron chi connectivity index (χ1n) is 8.41. The van der Waals surface area contributed by atoms with E-state index in [9.17, 15) is 9.59 Å². The maximum Gasteiger partial charge on any atom is 0.253 e. The molecule has 0 saturated heterocycles. The van der Waals surface area contributed by atoms with E-state index in [0.717, 1.165) is 17.6 Å². The van der Waals surface area contributed by atoms with Gasteiger partial charge in [-0.3, -0.25) is 9.59 Å². The topological polar surface area (TPSA) is 80.1 Å². The van der Waals surface area contributed by atoms with Gasteiger partial charge in [0.25, 0.3) is 11.8 Å². The highest BCUT2D eigenvalue weighted by atomic mass is 16.2. The van der Waals surface area contributed by atoms with Crippen molar-refractivity contribution < 1.29 is 9.59 Å². The highest BCUT2D eigenvalue weighted by Gasteiger charge is 2.10. The van der Waals surface area contributed by atoms with Gasteiger partial charge in [-0.15, -0.1) is 5.10 Å². The van der Waals surface area contributed by atoms with E-state index in [0.29, 0.717) is 23.2 Å². The standard InChI is InChI=1S/C19H21N5O2/c1-4-24-17-10-9-15(11-16(17)21-22-24)18(25)20-12-13-5-7-14(8-6-13)19(26)23(2)3/h5-11H,4,12H2,1-3H3,(H,20,25). The fraction of sp³-hybridized carbons (Fsp3) is 0.263. The number of aromatic nitrogens is 3. The van der Waals surface area contributed by atoms with Crippen molar-refractivity contribution in [1.29, 1.82) is 0 Å². The molecule has 0 saturated carbocycles. The molecule has 0 fully saturated rings. The average molecular weight is 351 g/mol. The van der Waals surface area contributed by atoms with Crippen LogP contribution in [-0.4, -0.2) is 45.8 Å². The zero-order chi connectivity index (χ0) is 18.7. The summed E-state index contributed by atoms with van der Waals surface area (Å²) in [6, 6.07) is 12.6. The van der Waals surface area contributed by atoms with Gasteiger partial charge in [0.15, 0.2) is 0 Å². The normalized spacial score (nSPS) is 10.7. The van der Waals surface area contributed by atoms with Crippen LogP contribution >= 0.6 is 0 Å². The largest absolute Gasteiger partial charge is 0.348 e. The van der Waals surface area contributed by atoms with Crippen molar-refractivity contribution in [3.8, 4) is 0 Å². The molecular formula is C19H21N5O2. The number of hydrogen-bond donors (Lipinski definition) is 1. The molecule has 0 bridgehead atoms. The van der Waals surface area contributed by atoms with Gasteiger partial charge in [-0.2, -0.15) is 0 Å². The Bertz CT molecular complexity index is 944. The van der Waals surface area contributed by atoms with E-state index < -0.39 is 0 Å². The summed E-state index contributed by atoms with van der Waals surface area (Å²) in [6.45, 7) is 3.11. The summed E-state index contributed by atoms with van der Waals surface area (Å²) < 4.78 is 1.79. The Kier molecular flexibility index (Phi) is 4.97. The number of carbonyl (C=O) groups is 2. The van der Waals surface area contributed by atoms with E-state index in [4.69, 9.17) is 0 Å². The number of carbonyl (C=O) groups excluding carboxylic acids is 2. The van der Waals surface area contributed by atoms with Gasteiger partial charge in [-0.25, -0.2) is 4.68 Å². The van der Waals surface area contributed by atoms with Crippen LogP contribution < -0.4 is 5.32 Å². The molecule has 3 rings (SSSR count). The number of nitrogens with zero attached hydrogens (tertiary/aromatic N) is 4. The maximum atomic E-state index is 12.4. The predicted molar refractivity (Wildman–Crippen MR) is 98.8 cm³/mol. The SMILES string of the molecule is CCn1nnc2cc(C(=O)NCc3ccc(C(=O)N(C)C)cc3)ccc21. The molecule has 0 radical (unpaired) electrons. The molecule has 26 heavy (non-hydrogen) atoms. The highest BCUT2D eigenvalue weighted by Crippen LogP contribution is 2.14. The summed E-state index contributed by atoms with van der Waals surface area (Å²) in [6.07, 6.45) is 0. The van der Waals surface area contributed by atoms with Gasteiger partial charge in [-0.1, -0.05) is 17.3 Å². The Hall–Kier alpha value is -3.22. The molecular weight excluding hydrogens is 330 g/mol. The lowest BCUT2D eigenvalue weighted by molar-refractivity contribution is 0.0827. The first kappa shape index (κ1) is 17.6. The Morgan fingerprint density at radius 2 is 1.77 bits per heavy atom. The van der Waals surface area contributed by atoms with Crippen molar-refractivity contribution in [1.82, 2.24) is 25.2 Å². The second-order valence-electron chi connectivity index (χ2n) is 6.19. The Morgan fingerprint density at radius 1 is 1.08 bits per heavy atom. The predicted octanol–water partition coefficient (Wildman–Crippen LogP) is 2.08. The van der Waals surface area contributed by atoms with Crippen LogP contribution in [0.15, 0.2) is 42.5 Å². The number of rotatable bonds is 5. The fourth-order valence-corrected chi connectivity index (χ4v) is 2.65. The van der Waals surface area contributed by atoms with Crippen molar-refractivity contribution in [3.05, 3.63) is 59.2 Å². The minimum Gasteiger partial charge on any atom is -0.348 e. The van der Waals surface area contributed by atoms with Crippen molar-refractivity contribution in [3.63, 3.8) is 0 Å². The van der Waals surface area contributed by atoms with Crippen molar-refractivity contribution in [2.45, 2.75) is 20.0 Å². The molecule has 7 heteroatoms. The number of hydrogen-bond acceptors (Lipinski definition) is 4. The van der Waals surface area contributed by atoms with E-state index in [1.807, 2.05) is 25.1 Å². The van der Waals surface area contributed by atoms with Crippen LogP contribution in [0.4, 0.5) is 0 Å². The van der Waals surface area contributed by atoms with Crippen LogP contribution in [0, 0.1) is 0 Å². The van der Waals surface area contributed by atoms with Crippen LogP contribution in [0.25, 0.3) is 11.0 Å². The van der Waals surface area contributed by atoms with E-state index >= 15 is 0 Å². The third kappa shape index (κ3) is 3.56. The van der Waals surface area contributed by atoms with Gasteiger partial charge in [-0.05, 0) is 42.8 Å². The van der Waals surface area contributed by atoms with Gasteiger partial charge < -0.3 is 10.2 Å². The van der Waals surface area contributed by atoms with Gasteiger partial charge in [0.1, 0.15) is 5.52 Å². The molecule has 2 aromatic carbocycles. The second kappa shape index (κ2) is 7.35. The molecule has 1 aromatic heterocycles. The monoisotopic (exact) mass is 351 g/mol. The van der Waals surface area contributed by atoms with E-state index in [1.54, 1.807) is 43.0 Å². The summed E-state index contributed by atoms with van der Waals surface area (Å²) in [7, 11) is 3.43. The first-order chi connectivity index (χ1) is 12.5. The molecule has 0 aliphatic carbocycles. The Balaban J connectivity index is 1.66. The van der Waals surface area contributed by atoms with Crippen LogP contribution in [0.2, 0.25) is 0 Å². The molecule has 0 aliphatic rings. The first-order valence-corrected chi connectivity index (χ1v) is 8.41. The Morgan fingerprint density at radius 3 is 2.42 bits per heavy atom. The van der Waals surface area contributed by atoms with Crippen molar-refractivity contribution in [2.24, 2.45) is 0 Å². The number of aryl methyl sites for hydroxylation is 1. The van der Waals surface area contributed by atoms with Crippen LogP contribution in [0.5, 0.6) is 0 Å².